The Bertz CT molecular complexity index is 184. The molecule has 0 N–H and O–H groups in total. The van der Waals surface area contributed by atoms with E-state index >= 15 is 0 Å². The predicted octanol–water partition coefficient (Wildman–Crippen LogP) is 1.41. The molecule has 0 saturated carbocycles. The van der Waals surface area contributed by atoms with E-state index in [1.54, 1.807) is 0 Å². The molecule has 82 valence electrons. The van der Waals surface area contributed by atoms with E-state index in [0.717, 1.165) is 19.3 Å². The Morgan fingerprint density at radius 3 is 2.93 bits per heavy atom. The Kier molecular flexibility index (Phi) is 5.14. The zero-order valence-corrected chi connectivity index (χ0v) is 8.61. The van der Waals surface area contributed by atoms with Crippen molar-refractivity contribution in [2.75, 3.05) is 19.0 Å². The second-order valence-corrected chi connectivity index (χ2v) is 3.53. The molecular formula is C8H14ClNO4. The monoisotopic (exact) mass is 223 g/mol. The van der Waals surface area contributed by atoms with Gasteiger partial charge in [0.1, 0.15) is 6.10 Å². The van der Waals surface area contributed by atoms with Crippen LogP contribution in [0.5, 0.6) is 0 Å². The average Bonchev–Trinajstić information content (AvgIpc) is 2.17. The van der Waals surface area contributed by atoms with Crippen molar-refractivity contribution in [2.24, 2.45) is 0 Å². The van der Waals surface area contributed by atoms with E-state index in [4.69, 9.17) is 21.1 Å². The van der Waals surface area contributed by atoms with Crippen LogP contribution in [0.2, 0.25) is 0 Å². The van der Waals surface area contributed by atoms with Gasteiger partial charge in [-0.25, -0.2) is 0 Å². The first-order valence-electron chi connectivity index (χ1n) is 4.67. The van der Waals surface area contributed by atoms with E-state index in [0.29, 0.717) is 6.61 Å². The van der Waals surface area contributed by atoms with Gasteiger partial charge in [0, 0.05) is 11.5 Å². The topological polar surface area (TPSA) is 61.6 Å². The highest BCUT2D eigenvalue weighted by atomic mass is 35.5. The van der Waals surface area contributed by atoms with E-state index in [1.165, 1.54) is 0 Å². The summed E-state index contributed by atoms with van der Waals surface area (Å²) in [6.45, 7) is 0.404. The van der Waals surface area contributed by atoms with Crippen molar-refractivity contribution in [3.8, 4) is 0 Å². The molecule has 5 nitrogen and oxygen atoms in total. The van der Waals surface area contributed by atoms with Gasteiger partial charge < -0.3 is 9.47 Å². The molecule has 1 heterocycles. The zero-order valence-electron chi connectivity index (χ0n) is 7.86. The smallest absolute Gasteiger partial charge is 0.231 e. The Labute approximate surface area is 87.5 Å². The highest BCUT2D eigenvalue weighted by molar-refractivity contribution is 6.18. The summed E-state index contributed by atoms with van der Waals surface area (Å²) >= 11 is 5.55. The zero-order chi connectivity index (χ0) is 10.4. The third kappa shape index (κ3) is 4.21. The number of hydrogen-bond donors (Lipinski definition) is 0. The van der Waals surface area contributed by atoms with Crippen LogP contribution in [0.25, 0.3) is 0 Å². The Morgan fingerprint density at radius 1 is 1.64 bits per heavy atom. The molecule has 1 saturated heterocycles. The SMILES string of the molecule is O=[N+]([O-])CC(CCl)OC1CCCCO1. The first-order valence-corrected chi connectivity index (χ1v) is 5.20. The summed E-state index contributed by atoms with van der Waals surface area (Å²) in [6.07, 6.45) is 2.01. The first-order chi connectivity index (χ1) is 6.72. The summed E-state index contributed by atoms with van der Waals surface area (Å²) in [5.41, 5.74) is 0. The van der Waals surface area contributed by atoms with Crippen LogP contribution in [0, 0.1) is 10.1 Å². The third-order valence-electron chi connectivity index (χ3n) is 2.01. The summed E-state index contributed by atoms with van der Waals surface area (Å²) in [5, 5.41) is 10.2. The minimum atomic E-state index is -0.547. The molecule has 1 fully saturated rings. The van der Waals surface area contributed by atoms with Gasteiger partial charge in [0.2, 0.25) is 6.54 Å². The molecule has 1 aliphatic rings. The number of halogens is 1. The van der Waals surface area contributed by atoms with Gasteiger partial charge in [0.15, 0.2) is 6.29 Å². The van der Waals surface area contributed by atoms with Gasteiger partial charge in [-0.3, -0.25) is 10.1 Å². The Morgan fingerprint density at radius 2 is 2.43 bits per heavy atom. The lowest BCUT2D eigenvalue weighted by Gasteiger charge is -2.25. The molecule has 2 atom stereocenters. The van der Waals surface area contributed by atoms with Crippen molar-refractivity contribution in [1.29, 1.82) is 0 Å². The van der Waals surface area contributed by atoms with Crippen molar-refractivity contribution >= 4 is 11.6 Å². The largest absolute Gasteiger partial charge is 0.353 e. The van der Waals surface area contributed by atoms with Crippen molar-refractivity contribution < 1.29 is 14.4 Å². The molecule has 14 heavy (non-hydrogen) atoms. The number of nitrogens with zero attached hydrogens (tertiary/aromatic N) is 1. The standard InChI is InChI=1S/C8H14ClNO4/c9-5-7(6-10(11)12)14-8-3-1-2-4-13-8/h7-8H,1-6H2. The van der Waals surface area contributed by atoms with Gasteiger partial charge in [0.05, 0.1) is 5.88 Å². The van der Waals surface area contributed by atoms with Crippen molar-refractivity contribution in [2.45, 2.75) is 31.7 Å². The van der Waals surface area contributed by atoms with Gasteiger partial charge in [0.25, 0.3) is 0 Å². The van der Waals surface area contributed by atoms with Crippen molar-refractivity contribution in [1.82, 2.24) is 0 Å². The number of ether oxygens (including phenoxy) is 2. The van der Waals surface area contributed by atoms with Gasteiger partial charge in [-0.1, -0.05) is 0 Å². The van der Waals surface area contributed by atoms with Crippen LogP contribution in [-0.4, -0.2) is 36.3 Å². The normalized spacial score (nSPS) is 24.5. The third-order valence-corrected chi connectivity index (χ3v) is 2.35. The maximum absolute atomic E-state index is 10.2. The molecule has 1 rings (SSSR count). The van der Waals surface area contributed by atoms with Crippen molar-refractivity contribution in [3.63, 3.8) is 0 Å². The molecule has 6 heteroatoms. The molecule has 1 aliphatic heterocycles. The number of alkyl halides is 1. The fourth-order valence-electron chi connectivity index (χ4n) is 1.33. The second kappa shape index (κ2) is 6.16. The average molecular weight is 224 g/mol. The quantitative estimate of drug-likeness (QED) is 0.402. The number of nitro groups is 1. The summed E-state index contributed by atoms with van der Waals surface area (Å²) in [4.78, 5) is 9.82. The number of rotatable bonds is 5. The fraction of sp³-hybridized carbons (Fsp3) is 1.00. The Hall–Kier alpha value is -0.390. The maximum atomic E-state index is 10.2. The summed E-state index contributed by atoms with van der Waals surface area (Å²) in [5.74, 6) is 0.126. The van der Waals surface area contributed by atoms with E-state index in [1.807, 2.05) is 0 Å². The van der Waals surface area contributed by atoms with Gasteiger partial charge in [-0.05, 0) is 19.3 Å². The molecular weight excluding hydrogens is 210 g/mol. The molecule has 0 spiro atoms. The lowest BCUT2D eigenvalue weighted by molar-refractivity contribution is -0.493. The van der Waals surface area contributed by atoms with Crippen LogP contribution in [0.1, 0.15) is 19.3 Å². The fourth-order valence-corrected chi connectivity index (χ4v) is 1.50. The highest BCUT2D eigenvalue weighted by Crippen LogP contribution is 2.15. The molecule has 0 bridgehead atoms. The Balaban J connectivity index is 2.27. The molecule has 0 aromatic rings. The first kappa shape index (κ1) is 11.7. The maximum Gasteiger partial charge on any atom is 0.231 e. The van der Waals surface area contributed by atoms with Gasteiger partial charge in [-0.2, -0.15) is 0 Å². The van der Waals surface area contributed by atoms with Crippen LogP contribution in [0.4, 0.5) is 0 Å². The summed E-state index contributed by atoms with van der Waals surface area (Å²) < 4.78 is 10.6. The van der Waals surface area contributed by atoms with Gasteiger partial charge in [-0.15, -0.1) is 11.6 Å². The van der Waals surface area contributed by atoms with Crippen LogP contribution in [-0.2, 0) is 9.47 Å². The molecule has 0 aromatic heterocycles. The van der Waals surface area contributed by atoms with Crippen LogP contribution >= 0.6 is 11.6 Å². The summed E-state index contributed by atoms with van der Waals surface area (Å²) in [6, 6.07) is 0. The van der Waals surface area contributed by atoms with Crippen LogP contribution < -0.4 is 0 Å². The van der Waals surface area contributed by atoms with Crippen LogP contribution in [0.3, 0.4) is 0 Å². The molecule has 0 amide bonds. The van der Waals surface area contributed by atoms with Gasteiger partial charge >= 0.3 is 0 Å². The van der Waals surface area contributed by atoms with Crippen molar-refractivity contribution in [3.05, 3.63) is 10.1 Å². The van der Waals surface area contributed by atoms with E-state index in [-0.39, 0.29) is 18.7 Å². The molecule has 0 radical (unpaired) electrons. The molecule has 2 unspecified atom stereocenters. The highest BCUT2D eigenvalue weighted by Gasteiger charge is 2.22. The van der Waals surface area contributed by atoms with Crippen LogP contribution in [0.15, 0.2) is 0 Å². The van der Waals surface area contributed by atoms with E-state index in [9.17, 15) is 10.1 Å². The number of hydrogen-bond acceptors (Lipinski definition) is 4. The second-order valence-electron chi connectivity index (χ2n) is 3.22. The molecule has 0 aromatic carbocycles. The minimum Gasteiger partial charge on any atom is -0.353 e. The predicted molar refractivity (Wildman–Crippen MR) is 51.0 cm³/mol. The lowest BCUT2D eigenvalue weighted by Crippen LogP contribution is -2.33. The molecule has 0 aliphatic carbocycles. The minimum absolute atomic E-state index is 0.126. The lowest BCUT2D eigenvalue weighted by atomic mass is 10.2. The van der Waals surface area contributed by atoms with E-state index in [2.05, 4.69) is 0 Å². The van der Waals surface area contributed by atoms with E-state index < -0.39 is 11.0 Å². The summed E-state index contributed by atoms with van der Waals surface area (Å²) in [7, 11) is 0.